The Kier molecular flexibility index (Phi) is 7.30. The van der Waals surface area contributed by atoms with Crippen molar-refractivity contribution in [2.75, 3.05) is 40.4 Å². The van der Waals surface area contributed by atoms with Crippen molar-refractivity contribution in [1.82, 2.24) is 10.2 Å². The highest BCUT2D eigenvalue weighted by molar-refractivity contribution is 5.56. The molecule has 0 bridgehead atoms. The third-order valence-electron chi connectivity index (χ3n) is 6.02. The largest absolute Gasteiger partial charge is 0.493 e. The molecule has 0 saturated carbocycles. The number of nitrogens with zero attached hydrogens (tertiary/aromatic N) is 1. The molecule has 0 radical (unpaired) electrons. The fraction of sp³-hybridized carbons (Fsp3) is 0.333. The number of methoxy groups -OCH3 is 2. The van der Waals surface area contributed by atoms with Crippen LogP contribution in [0, 0.1) is 6.92 Å². The van der Waals surface area contributed by atoms with Gasteiger partial charge in [-0.15, -0.1) is 0 Å². The van der Waals surface area contributed by atoms with Gasteiger partial charge in [-0.05, 0) is 41.3 Å². The summed E-state index contributed by atoms with van der Waals surface area (Å²) in [6, 6.07) is 23.0. The molecule has 5 nitrogen and oxygen atoms in total. The van der Waals surface area contributed by atoms with E-state index in [2.05, 4.69) is 53.5 Å². The van der Waals surface area contributed by atoms with E-state index in [0.29, 0.717) is 23.9 Å². The van der Waals surface area contributed by atoms with Crippen LogP contribution in [0.3, 0.4) is 0 Å². The number of ether oxygens (including phenoxy) is 3. The van der Waals surface area contributed by atoms with Crippen molar-refractivity contribution in [3.05, 3.63) is 89.0 Å². The average molecular weight is 433 g/mol. The highest BCUT2D eigenvalue weighted by Gasteiger charge is 2.27. The maximum Gasteiger partial charge on any atom is 0.203 e. The summed E-state index contributed by atoms with van der Waals surface area (Å²) in [5.41, 5.74) is 4.82. The van der Waals surface area contributed by atoms with Gasteiger partial charge < -0.3 is 19.5 Å². The lowest BCUT2D eigenvalue weighted by Crippen LogP contribution is -2.45. The summed E-state index contributed by atoms with van der Waals surface area (Å²) in [4.78, 5) is 2.53. The van der Waals surface area contributed by atoms with Gasteiger partial charge in [-0.3, -0.25) is 4.90 Å². The normalized spacial score (nSPS) is 15.2. The molecule has 0 spiro atoms. The Hall–Kier alpha value is -3.02. The lowest BCUT2D eigenvalue weighted by atomic mass is 9.92. The van der Waals surface area contributed by atoms with Crippen molar-refractivity contribution >= 4 is 0 Å². The molecule has 1 heterocycles. The molecule has 1 saturated heterocycles. The molecule has 3 aromatic rings. The molecule has 3 aromatic carbocycles. The highest BCUT2D eigenvalue weighted by Crippen LogP contribution is 2.43. The molecule has 5 heteroatoms. The number of hydrogen-bond donors (Lipinski definition) is 1. The monoisotopic (exact) mass is 432 g/mol. The molecule has 1 unspecified atom stereocenters. The Bertz CT molecular complexity index is 991. The van der Waals surface area contributed by atoms with Crippen LogP contribution in [0.2, 0.25) is 0 Å². The van der Waals surface area contributed by atoms with Crippen LogP contribution in [0.25, 0.3) is 0 Å². The van der Waals surface area contributed by atoms with Gasteiger partial charge in [0, 0.05) is 26.2 Å². The third kappa shape index (κ3) is 4.90. The van der Waals surface area contributed by atoms with E-state index in [0.717, 1.165) is 37.3 Å². The first-order valence-corrected chi connectivity index (χ1v) is 11.1. The van der Waals surface area contributed by atoms with E-state index >= 15 is 0 Å². The van der Waals surface area contributed by atoms with Crippen molar-refractivity contribution in [3.63, 3.8) is 0 Å². The van der Waals surface area contributed by atoms with Gasteiger partial charge in [0.1, 0.15) is 6.61 Å². The smallest absolute Gasteiger partial charge is 0.203 e. The van der Waals surface area contributed by atoms with E-state index in [1.54, 1.807) is 14.2 Å². The maximum absolute atomic E-state index is 6.17. The summed E-state index contributed by atoms with van der Waals surface area (Å²) in [5.74, 6) is 2.00. The van der Waals surface area contributed by atoms with Crippen LogP contribution in [-0.2, 0) is 6.61 Å². The quantitative estimate of drug-likeness (QED) is 0.564. The fourth-order valence-corrected chi connectivity index (χ4v) is 4.35. The number of benzene rings is 3. The van der Waals surface area contributed by atoms with E-state index in [1.165, 1.54) is 11.1 Å². The summed E-state index contributed by atoms with van der Waals surface area (Å²) in [5, 5.41) is 3.46. The SMILES string of the molecule is COc1cc(C(c2ccccc2C)N2CCNCC2)cc(OC)c1OCc1ccccc1. The van der Waals surface area contributed by atoms with Crippen LogP contribution in [0.15, 0.2) is 66.7 Å². The molecule has 1 N–H and O–H groups in total. The standard InChI is InChI=1S/C27H32N2O3/c1-20-9-7-8-12-23(20)26(29-15-13-28-14-16-29)22-17-24(30-2)27(25(18-22)31-3)32-19-21-10-5-4-6-11-21/h4-12,17-18,26,28H,13-16,19H2,1-3H3. The second kappa shape index (κ2) is 10.5. The Balaban J connectivity index is 1.73. The van der Waals surface area contributed by atoms with Crippen LogP contribution < -0.4 is 19.5 Å². The van der Waals surface area contributed by atoms with E-state index < -0.39 is 0 Å². The molecule has 0 aliphatic carbocycles. The number of nitrogens with one attached hydrogen (secondary N) is 1. The fourth-order valence-electron chi connectivity index (χ4n) is 4.35. The first-order chi connectivity index (χ1) is 15.7. The second-order valence-corrected chi connectivity index (χ2v) is 8.07. The van der Waals surface area contributed by atoms with Crippen LogP contribution >= 0.6 is 0 Å². The van der Waals surface area contributed by atoms with Crippen LogP contribution in [0.1, 0.15) is 28.3 Å². The Morgan fingerprint density at radius 3 is 2.12 bits per heavy atom. The lowest BCUT2D eigenvalue weighted by Gasteiger charge is -2.36. The van der Waals surface area contributed by atoms with Crippen molar-refractivity contribution in [2.24, 2.45) is 0 Å². The molecule has 32 heavy (non-hydrogen) atoms. The lowest BCUT2D eigenvalue weighted by molar-refractivity contribution is 0.197. The first kappa shape index (κ1) is 22.2. The van der Waals surface area contributed by atoms with Gasteiger partial charge in [-0.1, -0.05) is 54.6 Å². The predicted molar refractivity (Wildman–Crippen MR) is 128 cm³/mol. The minimum atomic E-state index is 0.115. The number of rotatable bonds is 8. The van der Waals surface area contributed by atoms with E-state index in [4.69, 9.17) is 14.2 Å². The Labute approximate surface area is 190 Å². The van der Waals surface area contributed by atoms with Gasteiger partial charge in [0.25, 0.3) is 0 Å². The average Bonchev–Trinajstić information content (AvgIpc) is 2.85. The maximum atomic E-state index is 6.17. The minimum Gasteiger partial charge on any atom is -0.493 e. The van der Waals surface area contributed by atoms with E-state index in [9.17, 15) is 0 Å². The van der Waals surface area contributed by atoms with Gasteiger partial charge in [0.2, 0.25) is 5.75 Å². The minimum absolute atomic E-state index is 0.115. The second-order valence-electron chi connectivity index (χ2n) is 8.07. The molecular formula is C27H32N2O3. The van der Waals surface area contributed by atoms with Crippen molar-refractivity contribution in [3.8, 4) is 17.2 Å². The van der Waals surface area contributed by atoms with Gasteiger partial charge in [0.05, 0.1) is 20.3 Å². The van der Waals surface area contributed by atoms with Crippen molar-refractivity contribution in [2.45, 2.75) is 19.6 Å². The van der Waals surface area contributed by atoms with Gasteiger partial charge in [-0.2, -0.15) is 0 Å². The molecule has 1 aliphatic rings. The van der Waals surface area contributed by atoms with Crippen LogP contribution in [0.4, 0.5) is 0 Å². The summed E-state index contributed by atoms with van der Waals surface area (Å²) < 4.78 is 17.7. The summed E-state index contributed by atoms with van der Waals surface area (Å²) in [6.45, 7) is 6.55. The van der Waals surface area contributed by atoms with Crippen molar-refractivity contribution < 1.29 is 14.2 Å². The van der Waals surface area contributed by atoms with Gasteiger partial charge in [-0.25, -0.2) is 0 Å². The molecule has 168 valence electrons. The third-order valence-corrected chi connectivity index (χ3v) is 6.02. The molecule has 1 atom stereocenters. The van der Waals surface area contributed by atoms with Crippen LogP contribution in [-0.4, -0.2) is 45.3 Å². The van der Waals surface area contributed by atoms with Crippen molar-refractivity contribution in [1.29, 1.82) is 0 Å². The Morgan fingerprint density at radius 1 is 0.875 bits per heavy atom. The van der Waals surface area contributed by atoms with Gasteiger partial charge in [0.15, 0.2) is 11.5 Å². The zero-order valence-corrected chi connectivity index (χ0v) is 19.1. The van der Waals surface area contributed by atoms with E-state index in [1.807, 2.05) is 30.3 Å². The number of hydrogen-bond acceptors (Lipinski definition) is 5. The highest BCUT2D eigenvalue weighted by atomic mass is 16.5. The first-order valence-electron chi connectivity index (χ1n) is 11.1. The molecule has 4 rings (SSSR count). The van der Waals surface area contributed by atoms with Crippen LogP contribution in [0.5, 0.6) is 17.2 Å². The number of piperazine rings is 1. The summed E-state index contributed by atoms with van der Waals surface area (Å²) >= 11 is 0. The Morgan fingerprint density at radius 2 is 1.50 bits per heavy atom. The molecule has 0 amide bonds. The zero-order valence-electron chi connectivity index (χ0n) is 19.1. The topological polar surface area (TPSA) is 43.0 Å². The predicted octanol–water partition coefficient (Wildman–Crippen LogP) is 4.59. The zero-order chi connectivity index (χ0) is 22.3. The molecule has 1 fully saturated rings. The molecular weight excluding hydrogens is 400 g/mol. The van der Waals surface area contributed by atoms with Gasteiger partial charge >= 0.3 is 0 Å². The summed E-state index contributed by atoms with van der Waals surface area (Å²) in [7, 11) is 3.36. The molecule has 0 aromatic heterocycles. The number of aryl methyl sites for hydroxylation is 1. The molecule has 1 aliphatic heterocycles. The van der Waals surface area contributed by atoms with E-state index in [-0.39, 0.29) is 6.04 Å². The summed E-state index contributed by atoms with van der Waals surface area (Å²) in [6.07, 6.45) is 0.